The molecule has 1 aromatic rings. The molecule has 0 amide bonds. The molecule has 1 unspecified atom stereocenters. The molecule has 1 atom stereocenters. The Balaban J connectivity index is 2.53. The first kappa shape index (κ1) is 15.2. The van der Waals surface area contributed by atoms with E-state index in [4.69, 9.17) is 0 Å². The Morgan fingerprint density at radius 3 is 2.28 bits per heavy atom. The second kappa shape index (κ2) is 6.91. The standard InChI is InChI=1S/C16H27NO/c1-5-7-17-8-6-16(4,18)12-15-10-13(2)9-14(3)11-15/h9-11,17-18H,5-8,12H2,1-4H3. The van der Waals surface area contributed by atoms with Crippen LogP contribution in [0.25, 0.3) is 0 Å². The molecule has 102 valence electrons. The second-order valence-electron chi connectivity index (χ2n) is 5.67. The van der Waals surface area contributed by atoms with Gasteiger partial charge in [-0.2, -0.15) is 0 Å². The van der Waals surface area contributed by atoms with Crippen LogP contribution in [-0.4, -0.2) is 23.8 Å². The molecule has 18 heavy (non-hydrogen) atoms. The molecule has 0 bridgehead atoms. The molecule has 0 aliphatic heterocycles. The summed E-state index contributed by atoms with van der Waals surface area (Å²) >= 11 is 0. The lowest BCUT2D eigenvalue weighted by Crippen LogP contribution is -2.32. The van der Waals surface area contributed by atoms with E-state index in [9.17, 15) is 5.11 Å². The van der Waals surface area contributed by atoms with Gasteiger partial charge in [0.1, 0.15) is 0 Å². The lowest BCUT2D eigenvalue weighted by atomic mass is 9.91. The largest absolute Gasteiger partial charge is 0.390 e. The summed E-state index contributed by atoms with van der Waals surface area (Å²) in [7, 11) is 0. The van der Waals surface area contributed by atoms with Crippen molar-refractivity contribution in [2.24, 2.45) is 0 Å². The molecule has 0 fully saturated rings. The average Bonchev–Trinajstić information content (AvgIpc) is 2.22. The molecule has 0 saturated carbocycles. The third-order valence-electron chi connectivity index (χ3n) is 3.13. The molecule has 1 rings (SSSR count). The highest BCUT2D eigenvalue weighted by atomic mass is 16.3. The zero-order valence-corrected chi connectivity index (χ0v) is 12.2. The number of rotatable bonds is 7. The molecule has 0 radical (unpaired) electrons. The van der Waals surface area contributed by atoms with E-state index in [1.807, 2.05) is 6.92 Å². The molecule has 0 spiro atoms. The highest BCUT2D eigenvalue weighted by Gasteiger charge is 2.20. The number of hydrogen-bond donors (Lipinski definition) is 2. The topological polar surface area (TPSA) is 32.3 Å². The first-order valence-electron chi connectivity index (χ1n) is 6.93. The van der Waals surface area contributed by atoms with Gasteiger partial charge in [0.2, 0.25) is 0 Å². The van der Waals surface area contributed by atoms with Crippen LogP contribution < -0.4 is 5.32 Å². The van der Waals surface area contributed by atoms with Crippen LogP contribution in [0.4, 0.5) is 0 Å². The molecular formula is C16H27NO. The molecule has 1 aromatic carbocycles. The van der Waals surface area contributed by atoms with Crippen molar-refractivity contribution in [3.63, 3.8) is 0 Å². The minimum absolute atomic E-state index is 0.624. The highest BCUT2D eigenvalue weighted by Crippen LogP contribution is 2.18. The van der Waals surface area contributed by atoms with Crippen molar-refractivity contribution in [3.05, 3.63) is 34.9 Å². The zero-order valence-electron chi connectivity index (χ0n) is 12.2. The summed E-state index contributed by atoms with van der Waals surface area (Å²) < 4.78 is 0. The Morgan fingerprint density at radius 2 is 1.72 bits per heavy atom. The number of aliphatic hydroxyl groups is 1. The predicted octanol–water partition coefficient (Wildman–Crippen LogP) is 2.99. The first-order valence-corrected chi connectivity index (χ1v) is 6.93. The van der Waals surface area contributed by atoms with Crippen LogP contribution in [0, 0.1) is 13.8 Å². The van der Waals surface area contributed by atoms with Crippen molar-refractivity contribution in [1.29, 1.82) is 0 Å². The third kappa shape index (κ3) is 5.65. The van der Waals surface area contributed by atoms with Crippen LogP contribution in [0.3, 0.4) is 0 Å². The maximum absolute atomic E-state index is 10.4. The Hall–Kier alpha value is -0.860. The van der Waals surface area contributed by atoms with E-state index < -0.39 is 5.60 Å². The Labute approximate surface area is 111 Å². The SMILES string of the molecule is CCCNCCC(C)(O)Cc1cc(C)cc(C)c1. The zero-order chi connectivity index (χ0) is 13.6. The van der Waals surface area contributed by atoms with Crippen molar-refractivity contribution in [1.82, 2.24) is 5.32 Å². The quantitative estimate of drug-likeness (QED) is 0.728. The average molecular weight is 249 g/mol. The monoisotopic (exact) mass is 249 g/mol. The maximum atomic E-state index is 10.4. The fraction of sp³-hybridized carbons (Fsp3) is 0.625. The number of hydrogen-bond acceptors (Lipinski definition) is 2. The normalized spacial score (nSPS) is 14.5. The fourth-order valence-electron chi connectivity index (χ4n) is 2.36. The van der Waals surface area contributed by atoms with Crippen LogP contribution in [0.2, 0.25) is 0 Å². The van der Waals surface area contributed by atoms with Gasteiger partial charge >= 0.3 is 0 Å². The molecule has 0 aliphatic rings. The van der Waals surface area contributed by atoms with Crippen molar-refractivity contribution in [2.45, 2.75) is 52.6 Å². The van der Waals surface area contributed by atoms with E-state index in [2.05, 4.69) is 44.3 Å². The van der Waals surface area contributed by atoms with Gasteiger partial charge < -0.3 is 10.4 Å². The Kier molecular flexibility index (Phi) is 5.83. The Bertz CT molecular complexity index is 351. The van der Waals surface area contributed by atoms with E-state index in [-0.39, 0.29) is 0 Å². The number of aryl methyl sites for hydroxylation is 2. The van der Waals surface area contributed by atoms with Crippen LogP contribution in [0.5, 0.6) is 0 Å². The van der Waals surface area contributed by atoms with E-state index in [1.54, 1.807) is 0 Å². The van der Waals surface area contributed by atoms with Gasteiger partial charge in [-0.15, -0.1) is 0 Å². The second-order valence-corrected chi connectivity index (χ2v) is 5.67. The summed E-state index contributed by atoms with van der Waals surface area (Å²) in [4.78, 5) is 0. The molecule has 2 heteroatoms. The van der Waals surface area contributed by atoms with E-state index in [0.717, 1.165) is 32.4 Å². The van der Waals surface area contributed by atoms with Crippen molar-refractivity contribution in [3.8, 4) is 0 Å². The van der Waals surface area contributed by atoms with Gasteiger partial charge in [0.25, 0.3) is 0 Å². The van der Waals surface area contributed by atoms with Crippen LogP contribution in [0.15, 0.2) is 18.2 Å². The van der Waals surface area contributed by atoms with Gasteiger partial charge in [-0.25, -0.2) is 0 Å². The van der Waals surface area contributed by atoms with Crippen molar-refractivity contribution >= 4 is 0 Å². The lowest BCUT2D eigenvalue weighted by Gasteiger charge is -2.24. The predicted molar refractivity (Wildman–Crippen MR) is 78.0 cm³/mol. The summed E-state index contributed by atoms with van der Waals surface area (Å²) in [6.07, 6.45) is 2.66. The molecule has 0 aliphatic carbocycles. The lowest BCUT2D eigenvalue weighted by molar-refractivity contribution is 0.0516. The minimum Gasteiger partial charge on any atom is -0.390 e. The third-order valence-corrected chi connectivity index (χ3v) is 3.13. The van der Waals surface area contributed by atoms with Gasteiger partial charge in [-0.05, 0) is 52.3 Å². The molecule has 2 nitrogen and oxygen atoms in total. The summed E-state index contributed by atoms with van der Waals surface area (Å²) in [5, 5.41) is 13.7. The molecule has 0 saturated heterocycles. The van der Waals surface area contributed by atoms with Gasteiger partial charge in [0, 0.05) is 6.42 Å². The summed E-state index contributed by atoms with van der Waals surface area (Å²) in [6, 6.07) is 6.50. The Morgan fingerprint density at radius 1 is 1.11 bits per heavy atom. The number of benzene rings is 1. The van der Waals surface area contributed by atoms with E-state index >= 15 is 0 Å². The van der Waals surface area contributed by atoms with Crippen LogP contribution in [0.1, 0.15) is 43.4 Å². The van der Waals surface area contributed by atoms with Gasteiger partial charge in [-0.1, -0.05) is 36.2 Å². The molecule has 0 heterocycles. The highest BCUT2D eigenvalue weighted by molar-refractivity contribution is 5.29. The summed E-state index contributed by atoms with van der Waals surface area (Å²) in [5.41, 5.74) is 3.14. The van der Waals surface area contributed by atoms with E-state index in [1.165, 1.54) is 16.7 Å². The van der Waals surface area contributed by atoms with Crippen molar-refractivity contribution in [2.75, 3.05) is 13.1 Å². The number of nitrogens with one attached hydrogen (secondary N) is 1. The van der Waals surface area contributed by atoms with Crippen LogP contribution in [-0.2, 0) is 6.42 Å². The van der Waals surface area contributed by atoms with Gasteiger partial charge in [0.05, 0.1) is 5.60 Å². The fourth-order valence-corrected chi connectivity index (χ4v) is 2.36. The first-order chi connectivity index (χ1) is 8.43. The van der Waals surface area contributed by atoms with E-state index in [0.29, 0.717) is 0 Å². The smallest absolute Gasteiger partial charge is 0.0672 e. The van der Waals surface area contributed by atoms with Crippen LogP contribution >= 0.6 is 0 Å². The van der Waals surface area contributed by atoms with Crippen molar-refractivity contribution < 1.29 is 5.11 Å². The van der Waals surface area contributed by atoms with Gasteiger partial charge in [0.15, 0.2) is 0 Å². The summed E-state index contributed by atoms with van der Waals surface area (Å²) in [5.74, 6) is 0. The maximum Gasteiger partial charge on any atom is 0.0672 e. The molecule has 0 aromatic heterocycles. The van der Waals surface area contributed by atoms with Gasteiger partial charge in [-0.3, -0.25) is 0 Å². The molecular weight excluding hydrogens is 222 g/mol. The molecule has 2 N–H and O–H groups in total. The summed E-state index contributed by atoms with van der Waals surface area (Å²) in [6.45, 7) is 10.2. The minimum atomic E-state index is -0.624.